The van der Waals surface area contributed by atoms with E-state index in [2.05, 4.69) is 5.43 Å². The number of aromatic nitrogens is 1. The lowest BCUT2D eigenvalue weighted by Crippen LogP contribution is -2.31. The van der Waals surface area contributed by atoms with Crippen LogP contribution in [0, 0.1) is 0 Å². The lowest BCUT2D eigenvalue weighted by molar-refractivity contribution is 0.0952. The van der Waals surface area contributed by atoms with Crippen molar-refractivity contribution in [3.8, 4) is 0 Å². The summed E-state index contributed by atoms with van der Waals surface area (Å²) in [7, 11) is 0. The summed E-state index contributed by atoms with van der Waals surface area (Å²) in [4.78, 5) is 22.9. The number of amides is 1. The number of hydrazine groups is 1. The minimum Gasteiger partial charge on any atom is -0.302 e. The smallest absolute Gasteiger partial charge is 0.302 e. The molecule has 0 spiro atoms. The number of rotatable bonds is 3. The highest BCUT2D eigenvalue weighted by molar-refractivity contribution is 7.07. The Hall–Kier alpha value is -1.92. The van der Waals surface area contributed by atoms with Crippen LogP contribution in [0.1, 0.15) is 15.9 Å². The van der Waals surface area contributed by atoms with E-state index in [1.807, 2.05) is 6.07 Å². The van der Waals surface area contributed by atoms with Gasteiger partial charge in [-0.15, -0.1) is 0 Å². The van der Waals surface area contributed by atoms with Crippen LogP contribution in [0.5, 0.6) is 0 Å². The molecule has 0 fully saturated rings. The average molecular weight is 249 g/mol. The number of nitrogen functional groups attached to an aromatic ring is 1. The quantitative estimate of drug-likeness (QED) is 0.474. The first kappa shape index (κ1) is 11.6. The maximum absolute atomic E-state index is 11.5. The second-order valence-electron chi connectivity index (χ2n) is 3.43. The Morgan fingerprint density at radius 3 is 2.82 bits per heavy atom. The van der Waals surface area contributed by atoms with Crippen molar-refractivity contribution in [3.63, 3.8) is 0 Å². The third-order valence-electron chi connectivity index (χ3n) is 2.38. The van der Waals surface area contributed by atoms with Gasteiger partial charge in [0.25, 0.3) is 5.91 Å². The molecule has 0 aliphatic rings. The minimum atomic E-state index is -0.358. The van der Waals surface area contributed by atoms with E-state index in [9.17, 15) is 9.59 Å². The Balaban J connectivity index is 2.36. The molecule has 17 heavy (non-hydrogen) atoms. The summed E-state index contributed by atoms with van der Waals surface area (Å²) in [5.74, 6) is 4.75. The zero-order valence-corrected chi connectivity index (χ0v) is 9.74. The molecule has 0 radical (unpaired) electrons. The second kappa shape index (κ2) is 4.94. The van der Waals surface area contributed by atoms with Crippen LogP contribution < -0.4 is 16.1 Å². The number of thiazole rings is 1. The Kier molecular flexibility index (Phi) is 3.36. The summed E-state index contributed by atoms with van der Waals surface area (Å²) in [5.41, 5.74) is 3.33. The molecule has 0 unspecified atom stereocenters. The van der Waals surface area contributed by atoms with Gasteiger partial charge < -0.3 is 4.57 Å². The molecule has 0 aliphatic heterocycles. The predicted molar refractivity (Wildman–Crippen MR) is 65.8 cm³/mol. The molecule has 1 aromatic heterocycles. The number of carbonyl (C=O) groups is 1. The summed E-state index contributed by atoms with van der Waals surface area (Å²) >= 11 is 1.13. The molecule has 0 atom stereocenters. The number of nitrogens with two attached hydrogens (primary N) is 1. The van der Waals surface area contributed by atoms with Gasteiger partial charge in [-0.2, -0.15) is 0 Å². The molecule has 5 nitrogen and oxygen atoms in total. The van der Waals surface area contributed by atoms with E-state index in [1.54, 1.807) is 34.3 Å². The number of hydrogen-bond donors (Lipinski definition) is 2. The van der Waals surface area contributed by atoms with Crippen molar-refractivity contribution in [2.75, 3.05) is 0 Å². The van der Waals surface area contributed by atoms with Gasteiger partial charge in [0.15, 0.2) is 0 Å². The van der Waals surface area contributed by atoms with Crippen LogP contribution >= 0.6 is 11.3 Å². The zero-order chi connectivity index (χ0) is 12.3. The van der Waals surface area contributed by atoms with Gasteiger partial charge in [-0.05, 0) is 11.6 Å². The standard InChI is InChI=1S/C11H11N3O2S/c12-13-10(15)9-4-2-1-3-8(9)7-14-5-6-17-11(14)16/h1-6H,7,12H2,(H,13,15). The SMILES string of the molecule is NNC(=O)c1ccccc1Cn1ccsc1=O. The van der Waals surface area contributed by atoms with Crippen molar-refractivity contribution in [1.29, 1.82) is 0 Å². The largest absolute Gasteiger partial charge is 0.307 e. The number of nitrogens with zero attached hydrogens (tertiary/aromatic N) is 1. The molecule has 2 rings (SSSR count). The third kappa shape index (κ3) is 2.43. The molecule has 1 aromatic carbocycles. The van der Waals surface area contributed by atoms with Crippen molar-refractivity contribution in [1.82, 2.24) is 9.99 Å². The molecule has 0 saturated carbocycles. The second-order valence-corrected chi connectivity index (χ2v) is 4.28. The molecule has 0 bridgehead atoms. The highest BCUT2D eigenvalue weighted by atomic mass is 32.1. The lowest BCUT2D eigenvalue weighted by Gasteiger charge is -2.08. The monoisotopic (exact) mass is 249 g/mol. The number of nitrogens with one attached hydrogen (secondary N) is 1. The fourth-order valence-electron chi connectivity index (χ4n) is 1.55. The van der Waals surface area contributed by atoms with Crippen LogP contribution in [-0.4, -0.2) is 10.5 Å². The van der Waals surface area contributed by atoms with Gasteiger partial charge in [-0.1, -0.05) is 29.5 Å². The van der Waals surface area contributed by atoms with E-state index in [0.717, 1.165) is 16.9 Å². The molecule has 1 amide bonds. The van der Waals surface area contributed by atoms with Crippen LogP contribution in [0.25, 0.3) is 0 Å². The normalized spacial score (nSPS) is 10.2. The maximum Gasteiger partial charge on any atom is 0.307 e. The first-order chi connectivity index (χ1) is 8.22. The first-order valence-corrected chi connectivity index (χ1v) is 5.83. The van der Waals surface area contributed by atoms with Gasteiger partial charge in [-0.25, -0.2) is 5.84 Å². The summed E-state index contributed by atoms with van der Waals surface area (Å²) in [6, 6.07) is 7.05. The molecule has 2 aromatic rings. The average Bonchev–Trinajstić information content (AvgIpc) is 2.75. The van der Waals surface area contributed by atoms with E-state index in [-0.39, 0.29) is 10.8 Å². The van der Waals surface area contributed by atoms with E-state index in [1.165, 1.54) is 0 Å². The van der Waals surface area contributed by atoms with E-state index in [0.29, 0.717) is 12.1 Å². The molecular formula is C11H11N3O2S. The van der Waals surface area contributed by atoms with Crippen LogP contribution in [0.3, 0.4) is 0 Å². The number of hydrogen-bond acceptors (Lipinski definition) is 4. The van der Waals surface area contributed by atoms with Gasteiger partial charge in [0, 0.05) is 17.1 Å². The van der Waals surface area contributed by atoms with Crippen LogP contribution in [0.2, 0.25) is 0 Å². The van der Waals surface area contributed by atoms with Crippen molar-refractivity contribution >= 4 is 17.2 Å². The first-order valence-electron chi connectivity index (χ1n) is 4.95. The summed E-state index contributed by atoms with van der Waals surface area (Å²) in [6.45, 7) is 0.367. The predicted octanol–water partition coefficient (Wildman–Crippen LogP) is 0.562. The van der Waals surface area contributed by atoms with Crippen LogP contribution in [0.4, 0.5) is 0 Å². The van der Waals surface area contributed by atoms with E-state index in [4.69, 9.17) is 5.84 Å². The Morgan fingerprint density at radius 1 is 1.41 bits per heavy atom. The van der Waals surface area contributed by atoms with Gasteiger partial charge in [0.05, 0.1) is 6.54 Å². The van der Waals surface area contributed by atoms with Crippen LogP contribution in [-0.2, 0) is 6.54 Å². The van der Waals surface area contributed by atoms with Crippen LogP contribution in [0.15, 0.2) is 40.6 Å². The topological polar surface area (TPSA) is 77.1 Å². The molecule has 1 heterocycles. The maximum atomic E-state index is 11.5. The van der Waals surface area contributed by atoms with Gasteiger partial charge >= 0.3 is 4.87 Å². The molecule has 88 valence electrons. The lowest BCUT2D eigenvalue weighted by atomic mass is 10.1. The highest BCUT2D eigenvalue weighted by Crippen LogP contribution is 2.10. The molecule has 6 heteroatoms. The Morgan fingerprint density at radius 2 is 2.18 bits per heavy atom. The van der Waals surface area contributed by atoms with Crippen molar-refractivity contribution in [2.24, 2.45) is 5.84 Å². The van der Waals surface area contributed by atoms with E-state index < -0.39 is 0 Å². The van der Waals surface area contributed by atoms with Gasteiger partial charge in [0.1, 0.15) is 0 Å². The third-order valence-corrected chi connectivity index (χ3v) is 3.07. The van der Waals surface area contributed by atoms with Gasteiger partial charge in [0.2, 0.25) is 0 Å². The minimum absolute atomic E-state index is 0.0482. The Bertz CT molecular complexity index is 588. The Labute approximate surface area is 101 Å². The molecule has 0 aliphatic carbocycles. The summed E-state index contributed by atoms with van der Waals surface area (Å²) < 4.78 is 1.55. The van der Waals surface area contributed by atoms with Gasteiger partial charge in [-0.3, -0.25) is 15.0 Å². The molecule has 3 N–H and O–H groups in total. The van der Waals surface area contributed by atoms with Crippen molar-refractivity contribution in [2.45, 2.75) is 6.54 Å². The molecule has 0 saturated heterocycles. The number of carbonyl (C=O) groups excluding carboxylic acids is 1. The fourth-order valence-corrected chi connectivity index (χ4v) is 2.13. The van der Waals surface area contributed by atoms with E-state index >= 15 is 0 Å². The van der Waals surface area contributed by atoms with Crippen molar-refractivity contribution < 1.29 is 4.79 Å². The highest BCUT2D eigenvalue weighted by Gasteiger charge is 2.10. The van der Waals surface area contributed by atoms with Crippen molar-refractivity contribution in [3.05, 3.63) is 56.6 Å². The summed E-state index contributed by atoms with van der Waals surface area (Å²) in [6.07, 6.45) is 1.70. The number of benzene rings is 1. The fraction of sp³-hybridized carbons (Fsp3) is 0.0909. The summed E-state index contributed by atoms with van der Waals surface area (Å²) in [5, 5.41) is 1.72. The zero-order valence-electron chi connectivity index (χ0n) is 8.92. The molecular weight excluding hydrogens is 238 g/mol.